The highest BCUT2D eigenvalue weighted by molar-refractivity contribution is 5.78. The largest absolute Gasteiger partial charge is 0.353 e. The lowest BCUT2D eigenvalue weighted by Crippen LogP contribution is -2.25. The van der Waals surface area contributed by atoms with E-state index in [1.165, 1.54) is 0 Å². The summed E-state index contributed by atoms with van der Waals surface area (Å²) in [5, 5.41) is 22.7. The lowest BCUT2D eigenvalue weighted by Gasteiger charge is -2.30. The fraction of sp³-hybridized carbons (Fsp3) is 0.458. The van der Waals surface area contributed by atoms with Crippen LogP contribution in [0.15, 0.2) is 37.1 Å². The van der Waals surface area contributed by atoms with Gasteiger partial charge in [-0.25, -0.2) is 9.50 Å². The van der Waals surface area contributed by atoms with Crippen molar-refractivity contribution in [1.82, 2.24) is 34.2 Å². The summed E-state index contributed by atoms with van der Waals surface area (Å²) in [6.45, 7) is 1.10. The number of hydrogen-bond acceptors (Lipinski definition) is 7. The van der Waals surface area contributed by atoms with E-state index in [1.807, 2.05) is 47.1 Å². The molecule has 0 aromatic carbocycles. The third-order valence-corrected chi connectivity index (χ3v) is 6.66. The molecular weight excluding hydrogens is 432 g/mol. The van der Waals surface area contributed by atoms with E-state index in [0.717, 1.165) is 72.4 Å². The molecule has 174 valence electrons. The minimum atomic E-state index is -0.182. The lowest BCUT2D eigenvalue weighted by atomic mass is 9.81. The van der Waals surface area contributed by atoms with Gasteiger partial charge in [0.05, 0.1) is 65.8 Å². The highest BCUT2D eigenvalue weighted by Gasteiger charge is 2.31. The topological polar surface area (TPSA) is 108 Å². The van der Waals surface area contributed by atoms with Crippen molar-refractivity contribution in [2.24, 2.45) is 13.0 Å². The Bertz CT molecular complexity index is 1350. The van der Waals surface area contributed by atoms with Crippen LogP contribution >= 0.6 is 0 Å². The number of aromatic nitrogens is 7. The minimum absolute atomic E-state index is 0.130. The monoisotopic (exact) mass is 458 g/mol. The molecule has 0 bridgehead atoms. The number of aryl methyl sites for hydroxylation is 1. The fourth-order valence-corrected chi connectivity index (χ4v) is 4.71. The molecule has 1 unspecified atom stereocenters. The van der Waals surface area contributed by atoms with Crippen molar-refractivity contribution in [3.8, 4) is 28.6 Å². The van der Waals surface area contributed by atoms with Gasteiger partial charge in [-0.3, -0.25) is 9.36 Å². The molecule has 4 aromatic rings. The molecule has 1 saturated heterocycles. The zero-order valence-electron chi connectivity index (χ0n) is 19.0. The summed E-state index contributed by atoms with van der Waals surface area (Å²) in [5.74, 6) is 0.130. The summed E-state index contributed by atoms with van der Waals surface area (Å²) in [5.41, 5.74) is 5.12. The Hall–Kier alpha value is -3.55. The number of fused-ring (bicyclic) bond motifs is 1. The maximum atomic E-state index is 9.08. The molecule has 1 atom stereocenters. The Balaban J connectivity index is 1.32. The molecule has 1 aliphatic carbocycles. The summed E-state index contributed by atoms with van der Waals surface area (Å²) in [6.07, 6.45) is 14.1. The Morgan fingerprint density at radius 3 is 2.94 bits per heavy atom. The zero-order valence-corrected chi connectivity index (χ0v) is 19.0. The van der Waals surface area contributed by atoms with Gasteiger partial charge in [0.2, 0.25) is 0 Å². The molecule has 34 heavy (non-hydrogen) atoms. The van der Waals surface area contributed by atoms with Gasteiger partial charge in [-0.05, 0) is 38.2 Å². The van der Waals surface area contributed by atoms with Crippen LogP contribution < -0.4 is 0 Å². The summed E-state index contributed by atoms with van der Waals surface area (Å²) >= 11 is 0. The Morgan fingerprint density at radius 1 is 1.21 bits per heavy atom. The standard InChI is InChI=1S/C24H26N8O2/c1-30-13-19(21(29-30)15-34-23-4-2-3-7-33-23)20-14-32-22(5-6-26-32)24(28-20)17-11-27-31(12-17)18-8-16(9-18)10-25/h5-6,11-14,16,18,23H,2-4,7-9,15H2,1H3. The number of rotatable bonds is 6. The van der Waals surface area contributed by atoms with Gasteiger partial charge in [-0.15, -0.1) is 0 Å². The third kappa shape index (κ3) is 3.87. The highest BCUT2D eigenvalue weighted by Crippen LogP contribution is 2.38. The van der Waals surface area contributed by atoms with Crippen molar-refractivity contribution in [1.29, 1.82) is 5.26 Å². The van der Waals surface area contributed by atoms with Gasteiger partial charge >= 0.3 is 0 Å². The van der Waals surface area contributed by atoms with Gasteiger partial charge in [0.15, 0.2) is 6.29 Å². The molecule has 0 N–H and O–H groups in total. The van der Waals surface area contributed by atoms with Gasteiger partial charge in [-0.1, -0.05) is 0 Å². The first kappa shape index (κ1) is 21.0. The molecule has 5 heterocycles. The number of nitrogens with zero attached hydrogens (tertiary/aromatic N) is 8. The van der Waals surface area contributed by atoms with Crippen molar-refractivity contribution in [2.45, 2.75) is 51.0 Å². The molecule has 1 saturated carbocycles. The Morgan fingerprint density at radius 2 is 2.12 bits per heavy atom. The van der Waals surface area contributed by atoms with Crippen LogP contribution in [0.2, 0.25) is 0 Å². The van der Waals surface area contributed by atoms with E-state index in [2.05, 4.69) is 21.4 Å². The zero-order chi connectivity index (χ0) is 23.1. The maximum Gasteiger partial charge on any atom is 0.158 e. The maximum absolute atomic E-state index is 9.08. The van der Waals surface area contributed by atoms with Crippen LogP contribution in [-0.2, 0) is 23.1 Å². The summed E-state index contributed by atoms with van der Waals surface area (Å²) in [4.78, 5) is 5.02. The fourth-order valence-electron chi connectivity index (χ4n) is 4.71. The predicted molar refractivity (Wildman–Crippen MR) is 122 cm³/mol. The Labute approximate surface area is 196 Å². The normalized spacial score (nSPS) is 22.5. The molecular formula is C24H26N8O2. The highest BCUT2D eigenvalue weighted by atomic mass is 16.7. The Kier molecular flexibility index (Phi) is 5.36. The van der Waals surface area contributed by atoms with Crippen molar-refractivity contribution >= 4 is 5.52 Å². The van der Waals surface area contributed by atoms with Crippen LogP contribution in [-0.4, -0.2) is 47.1 Å². The molecule has 10 heteroatoms. The summed E-state index contributed by atoms with van der Waals surface area (Å²) < 4.78 is 17.3. The second kappa shape index (κ2) is 8.66. The van der Waals surface area contributed by atoms with Gasteiger partial charge in [0.1, 0.15) is 0 Å². The average Bonchev–Trinajstić information content (AvgIpc) is 3.57. The smallest absolute Gasteiger partial charge is 0.158 e. The number of ether oxygens (including phenoxy) is 2. The predicted octanol–water partition coefficient (Wildman–Crippen LogP) is 3.51. The quantitative estimate of drug-likeness (QED) is 0.435. The molecule has 2 fully saturated rings. The van der Waals surface area contributed by atoms with Crippen molar-refractivity contribution in [3.05, 3.63) is 42.7 Å². The van der Waals surface area contributed by atoms with Crippen LogP contribution in [0.25, 0.3) is 28.0 Å². The SMILES string of the molecule is Cn1cc(-c2cn3nccc3c(-c3cnn(C4CC(C#N)C4)c3)n2)c(COC2CCCCO2)n1. The number of nitriles is 1. The van der Waals surface area contributed by atoms with E-state index < -0.39 is 0 Å². The van der Waals surface area contributed by atoms with E-state index >= 15 is 0 Å². The lowest BCUT2D eigenvalue weighted by molar-refractivity contribution is -0.169. The van der Waals surface area contributed by atoms with Crippen LogP contribution in [0.1, 0.15) is 43.8 Å². The van der Waals surface area contributed by atoms with E-state index in [1.54, 1.807) is 10.9 Å². The van der Waals surface area contributed by atoms with Gasteiger partial charge in [0.25, 0.3) is 0 Å². The molecule has 6 rings (SSSR count). The van der Waals surface area contributed by atoms with Gasteiger partial charge in [-0.2, -0.15) is 20.6 Å². The average molecular weight is 459 g/mol. The first-order chi connectivity index (χ1) is 16.7. The van der Waals surface area contributed by atoms with E-state index in [0.29, 0.717) is 6.61 Å². The summed E-state index contributed by atoms with van der Waals surface area (Å²) in [6, 6.07) is 4.55. The van der Waals surface area contributed by atoms with Gasteiger partial charge in [0, 0.05) is 37.2 Å². The van der Waals surface area contributed by atoms with Crippen molar-refractivity contribution < 1.29 is 9.47 Å². The molecule has 0 radical (unpaired) electrons. The number of hydrogen-bond donors (Lipinski definition) is 0. The molecule has 4 aromatic heterocycles. The first-order valence-electron chi connectivity index (χ1n) is 11.7. The van der Waals surface area contributed by atoms with Crippen LogP contribution in [0.5, 0.6) is 0 Å². The molecule has 0 spiro atoms. The molecule has 2 aliphatic rings. The second-order valence-corrected chi connectivity index (χ2v) is 9.07. The van der Waals surface area contributed by atoms with Crippen LogP contribution in [0, 0.1) is 17.2 Å². The van der Waals surface area contributed by atoms with Gasteiger partial charge < -0.3 is 9.47 Å². The van der Waals surface area contributed by atoms with Crippen molar-refractivity contribution in [2.75, 3.05) is 6.61 Å². The van der Waals surface area contributed by atoms with E-state index in [4.69, 9.17) is 19.7 Å². The van der Waals surface area contributed by atoms with E-state index in [-0.39, 0.29) is 18.2 Å². The van der Waals surface area contributed by atoms with E-state index in [9.17, 15) is 0 Å². The summed E-state index contributed by atoms with van der Waals surface area (Å²) in [7, 11) is 1.90. The first-order valence-corrected chi connectivity index (χ1v) is 11.7. The second-order valence-electron chi connectivity index (χ2n) is 9.07. The third-order valence-electron chi connectivity index (χ3n) is 6.66. The molecule has 10 nitrogen and oxygen atoms in total. The molecule has 1 aliphatic heterocycles. The van der Waals surface area contributed by atoms with Crippen molar-refractivity contribution in [3.63, 3.8) is 0 Å². The minimum Gasteiger partial charge on any atom is -0.353 e. The van der Waals surface area contributed by atoms with Crippen LogP contribution in [0.4, 0.5) is 0 Å². The molecule has 0 amide bonds. The van der Waals surface area contributed by atoms with Crippen LogP contribution in [0.3, 0.4) is 0 Å².